The maximum Gasteiger partial charge on any atom is 0.0634 e. The molecule has 0 unspecified atom stereocenters. The van der Waals surface area contributed by atoms with E-state index in [0.717, 1.165) is 19.3 Å². The van der Waals surface area contributed by atoms with Crippen molar-refractivity contribution in [2.24, 2.45) is 0 Å². The van der Waals surface area contributed by atoms with Crippen LogP contribution in [0.1, 0.15) is 31.7 Å². The second-order valence-corrected chi connectivity index (χ2v) is 3.95. The SMILES string of the molecule is CC[C@H](O)C1(c2ccccc2)CC1. The number of benzene rings is 1. The van der Waals surface area contributed by atoms with Gasteiger partial charge in [0.15, 0.2) is 0 Å². The molecule has 70 valence electrons. The molecule has 1 fully saturated rings. The maximum absolute atomic E-state index is 9.90. The van der Waals surface area contributed by atoms with Gasteiger partial charge in [-0.1, -0.05) is 37.3 Å². The van der Waals surface area contributed by atoms with Crippen molar-refractivity contribution >= 4 is 0 Å². The zero-order chi connectivity index (χ0) is 9.31. The van der Waals surface area contributed by atoms with E-state index in [9.17, 15) is 5.11 Å². The molecule has 0 radical (unpaired) electrons. The molecule has 0 spiro atoms. The molecule has 0 saturated heterocycles. The third kappa shape index (κ3) is 1.37. The van der Waals surface area contributed by atoms with E-state index >= 15 is 0 Å². The molecule has 0 bridgehead atoms. The smallest absolute Gasteiger partial charge is 0.0634 e. The van der Waals surface area contributed by atoms with Crippen molar-refractivity contribution in [1.29, 1.82) is 0 Å². The van der Waals surface area contributed by atoms with Crippen molar-refractivity contribution in [2.45, 2.75) is 37.7 Å². The zero-order valence-electron chi connectivity index (χ0n) is 8.03. The molecular formula is C12H16O. The molecule has 1 aliphatic carbocycles. The Hall–Kier alpha value is -0.820. The molecule has 0 aromatic heterocycles. The molecule has 0 amide bonds. The summed E-state index contributed by atoms with van der Waals surface area (Å²) in [4.78, 5) is 0. The third-order valence-corrected chi connectivity index (χ3v) is 3.16. The molecule has 1 saturated carbocycles. The lowest BCUT2D eigenvalue weighted by molar-refractivity contribution is 0.127. The van der Waals surface area contributed by atoms with E-state index < -0.39 is 0 Å². The van der Waals surface area contributed by atoms with Crippen LogP contribution in [-0.4, -0.2) is 11.2 Å². The van der Waals surface area contributed by atoms with Crippen LogP contribution in [0.15, 0.2) is 30.3 Å². The molecule has 1 N–H and O–H groups in total. The Morgan fingerprint density at radius 3 is 2.38 bits per heavy atom. The van der Waals surface area contributed by atoms with E-state index in [0.29, 0.717) is 0 Å². The summed E-state index contributed by atoms with van der Waals surface area (Å²) in [5, 5.41) is 9.90. The summed E-state index contributed by atoms with van der Waals surface area (Å²) in [6, 6.07) is 10.4. The normalized spacial score (nSPS) is 21.1. The molecule has 13 heavy (non-hydrogen) atoms. The number of rotatable bonds is 3. The van der Waals surface area contributed by atoms with Gasteiger partial charge in [-0.15, -0.1) is 0 Å². The van der Waals surface area contributed by atoms with Gasteiger partial charge in [0.1, 0.15) is 0 Å². The minimum atomic E-state index is -0.158. The topological polar surface area (TPSA) is 20.2 Å². The Labute approximate surface area is 79.4 Å². The average molecular weight is 176 g/mol. The van der Waals surface area contributed by atoms with Gasteiger partial charge in [-0.3, -0.25) is 0 Å². The summed E-state index contributed by atoms with van der Waals surface area (Å²) >= 11 is 0. The Morgan fingerprint density at radius 2 is 1.92 bits per heavy atom. The summed E-state index contributed by atoms with van der Waals surface area (Å²) < 4.78 is 0. The molecule has 2 rings (SSSR count). The Morgan fingerprint density at radius 1 is 1.31 bits per heavy atom. The van der Waals surface area contributed by atoms with Crippen molar-refractivity contribution in [3.63, 3.8) is 0 Å². The molecule has 1 heteroatoms. The van der Waals surface area contributed by atoms with Crippen molar-refractivity contribution in [3.05, 3.63) is 35.9 Å². The predicted molar refractivity (Wildman–Crippen MR) is 53.7 cm³/mol. The average Bonchev–Trinajstić information content (AvgIpc) is 2.99. The van der Waals surface area contributed by atoms with E-state index in [4.69, 9.17) is 0 Å². The van der Waals surface area contributed by atoms with Gasteiger partial charge in [-0.25, -0.2) is 0 Å². The Bertz CT molecular complexity index is 274. The second kappa shape index (κ2) is 3.15. The van der Waals surface area contributed by atoms with Gasteiger partial charge in [-0.05, 0) is 24.8 Å². The maximum atomic E-state index is 9.90. The van der Waals surface area contributed by atoms with E-state index in [2.05, 4.69) is 24.3 Å². The van der Waals surface area contributed by atoms with Crippen LogP contribution in [0.3, 0.4) is 0 Å². The van der Waals surface area contributed by atoms with E-state index in [1.165, 1.54) is 5.56 Å². The summed E-state index contributed by atoms with van der Waals surface area (Å²) in [6.07, 6.45) is 2.99. The van der Waals surface area contributed by atoms with Crippen molar-refractivity contribution < 1.29 is 5.11 Å². The summed E-state index contributed by atoms with van der Waals surface area (Å²) in [7, 11) is 0. The van der Waals surface area contributed by atoms with Crippen molar-refractivity contribution in [2.75, 3.05) is 0 Å². The molecule has 0 heterocycles. The highest BCUT2D eigenvalue weighted by Crippen LogP contribution is 2.51. The monoisotopic (exact) mass is 176 g/mol. The van der Waals surface area contributed by atoms with Crippen molar-refractivity contribution in [3.8, 4) is 0 Å². The van der Waals surface area contributed by atoms with Gasteiger partial charge in [-0.2, -0.15) is 0 Å². The predicted octanol–water partition coefficient (Wildman–Crippen LogP) is 2.49. The van der Waals surface area contributed by atoms with Gasteiger partial charge in [0, 0.05) is 5.41 Å². The minimum absolute atomic E-state index is 0.107. The van der Waals surface area contributed by atoms with Gasteiger partial charge in [0.25, 0.3) is 0 Å². The third-order valence-electron chi connectivity index (χ3n) is 3.16. The van der Waals surface area contributed by atoms with Crippen LogP contribution in [0.25, 0.3) is 0 Å². The van der Waals surface area contributed by atoms with E-state index in [-0.39, 0.29) is 11.5 Å². The largest absolute Gasteiger partial charge is 0.392 e. The summed E-state index contributed by atoms with van der Waals surface area (Å²) in [6.45, 7) is 2.05. The number of hydrogen-bond donors (Lipinski definition) is 1. The van der Waals surface area contributed by atoms with Gasteiger partial charge >= 0.3 is 0 Å². The quantitative estimate of drug-likeness (QED) is 0.750. The molecule has 1 atom stereocenters. The van der Waals surface area contributed by atoms with Crippen LogP contribution in [0.2, 0.25) is 0 Å². The number of aliphatic hydroxyl groups is 1. The van der Waals surface area contributed by atoms with Crippen LogP contribution < -0.4 is 0 Å². The second-order valence-electron chi connectivity index (χ2n) is 3.95. The molecule has 1 aliphatic rings. The molecule has 0 aliphatic heterocycles. The summed E-state index contributed by atoms with van der Waals surface area (Å²) in [5.74, 6) is 0. The lowest BCUT2D eigenvalue weighted by atomic mass is 9.89. The lowest BCUT2D eigenvalue weighted by Gasteiger charge is -2.21. The van der Waals surface area contributed by atoms with Crippen LogP contribution in [-0.2, 0) is 5.41 Å². The first kappa shape index (κ1) is 8.76. The fraction of sp³-hybridized carbons (Fsp3) is 0.500. The number of hydrogen-bond acceptors (Lipinski definition) is 1. The Kier molecular flexibility index (Phi) is 2.12. The molecule has 1 aromatic rings. The van der Waals surface area contributed by atoms with Crippen LogP contribution in [0.5, 0.6) is 0 Å². The summed E-state index contributed by atoms with van der Waals surface area (Å²) in [5.41, 5.74) is 1.42. The Balaban J connectivity index is 2.26. The van der Waals surface area contributed by atoms with Gasteiger partial charge < -0.3 is 5.11 Å². The highest BCUT2D eigenvalue weighted by molar-refractivity contribution is 5.32. The van der Waals surface area contributed by atoms with Crippen LogP contribution in [0.4, 0.5) is 0 Å². The zero-order valence-corrected chi connectivity index (χ0v) is 8.03. The highest BCUT2D eigenvalue weighted by atomic mass is 16.3. The minimum Gasteiger partial charge on any atom is -0.392 e. The first-order chi connectivity index (χ1) is 6.29. The van der Waals surface area contributed by atoms with Gasteiger partial charge in [0.2, 0.25) is 0 Å². The van der Waals surface area contributed by atoms with E-state index in [1.807, 2.05) is 13.0 Å². The standard InChI is InChI=1S/C12H16O/c1-2-11(13)12(8-9-12)10-6-4-3-5-7-10/h3-7,11,13H,2,8-9H2,1H3/t11-/m0/s1. The van der Waals surface area contributed by atoms with E-state index in [1.54, 1.807) is 0 Å². The molecule has 1 nitrogen and oxygen atoms in total. The van der Waals surface area contributed by atoms with Crippen LogP contribution in [0, 0.1) is 0 Å². The van der Waals surface area contributed by atoms with Crippen molar-refractivity contribution in [1.82, 2.24) is 0 Å². The lowest BCUT2D eigenvalue weighted by Crippen LogP contribution is -2.24. The highest BCUT2D eigenvalue weighted by Gasteiger charge is 2.49. The number of aliphatic hydroxyl groups excluding tert-OH is 1. The first-order valence-corrected chi connectivity index (χ1v) is 5.03. The molecule has 1 aromatic carbocycles. The fourth-order valence-corrected chi connectivity index (χ4v) is 2.11. The fourth-order valence-electron chi connectivity index (χ4n) is 2.11. The van der Waals surface area contributed by atoms with Gasteiger partial charge in [0.05, 0.1) is 6.10 Å². The molecular weight excluding hydrogens is 160 g/mol. The van der Waals surface area contributed by atoms with Crippen LogP contribution >= 0.6 is 0 Å². The first-order valence-electron chi connectivity index (χ1n) is 5.03.